The van der Waals surface area contributed by atoms with E-state index in [0.29, 0.717) is 5.56 Å². The van der Waals surface area contributed by atoms with Gasteiger partial charge in [-0.2, -0.15) is 0 Å². The maximum Gasteiger partial charge on any atom is 0.247 e. The van der Waals surface area contributed by atoms with Gasteiger partial charge in [0.2, 0.25) is 12.2 Å². The number of benzene rings is 1. The zero-order chi connectivity index (χ0) is 28.4. The Morgan fingerprint density at radius 1 is 1.08 bits per heavy atom. The lowest BCUT2D eigenvalue weighted by Gasteiger charge is -2.41. The van der Waals surface area contributed by atoms with E-state index in [2.05, 4.69) is 15.3 Å². The Hall–Kier alpha value is -2.86. The molecule has 1 unspecified atom stereocenters. The maximum absolute atomic E-state index is 12.8. The molecule has 2 aliphatic heterocycles. The van der Waals surface area contributed by atoms with Crippen LogP contribution in [-0.4, -0.2) is 129 Å². The van der Waals surface area contributed by atoms with Crippen molar-refractivity contribution in [3.05, 3.63) is 29.3 Å². The number of phenols is 1. The molecule has 15 heteroatoms. The van der Waals surface area contributed by atoms with Crippen molar-refractivity contribution >= 4 is 17.7 Å². The number of aliphatic hydroxyl groups excluding tert-OH is 6. The summed E-state index contributed by atoms with van der Waals surface area (Å²) >= 11 is 0. The standard InChI is InChI=1S/C24H32N2O13/c1-9(23(34)25-14-15(29)17(31)22-21(16(14)30)36-8-37-22)5-10-3-4-13(12(28)6-10)38-24-19(33)18(32)20(39-24)11(7-27)26-35-2/h3-6,14-22,24,27-33H,7-8H2,1-2H3,(H,25,34)/b9-5+,26-11?/t14?,15-,16+,17+,18-,19-,20+,21-,22+,24+/m0/s1. The second-order valence-corrected chi connectivity index (χ2v) is 9.35. The summed E-state index contributed by atoms with van der Waals surface area (Å²) in [5.74, 6) is -1.12. The highest BCUT2D eigenvalue weighted by atomic mass is 16.7. The molecule has 1 saturated carbocycles. The number of ether oxygens (including phenoxy) is 4. The predicted octanol–water partition coefficient (Wildman–Crippen LogP) is -3.06. The third-order valence-electron chi connectivity index (χ3n) is 6.79. The van der Waals surface area contributed by atoms with Crippen LogP contribution in [0.25, 0.3) is 6.08 Å². The van der Waals surface area contributed by atoms with E-state index in [4.69, 9.17) is 18.9 Å². The zero-order valence-electron chi connectivity index (χ0n) is 21.0. The molecule has 1 aromatic carbocycles. The average molecular weight is 557 g/mol. The predicted molar refractivity (Wildman–Crippen MR) is 129 cm³/mol. The lowest BCUT2D eigenvalue weighted by atomic mass is 9.83. The summed E-state index contributed by atoms with van der Waals surface area (Å²) in [6.45, 7) is 0.714. The van der Waals surface area contributed by atoms with E-state index in [-0.39, 0.29) is 29.6 Å². The van der Waals surface area contributed by atoms with Crippen LogP contribution in [-0.2, 0) is 23.8 Å². The molecule has 0 spiro atoms. The highest BCUT2D eigenvalue weighted by Gasteiger charge is 2.53. The Morgan fingerprint density at radius 3 is 2.41 bits per heavy atom. The number of hydrogen-bond acceptors (Lipinski definition) is 14. The first-order chi connectivity index (χ1) is 18.6. The van der Waals surface area contributed by atoms with Crippen molar-refractivity contribution in [2.24, 2.45) is 5.16 Å². The molecule has 1 amide bonds. The van der Waals surface area contributed by atoms with Crippen LogP contribution in [0.5, 0.6) is 11.5 Å². The fraction of sp³-hybridized carbons (Fsp3) is 0.583. The number of aliphatic hydroxyl groups is 6. The van der Waals surface area contributed by atoms with Crippen molar-refractivity contribution in [2.45, 2.75) is 68.1 Å². The number of rotatable bonds is 8. The second kappa shape index (κ2) is 12.1. The Balaban J connectivity index is 1.41. The molecule has 0 radical (unpaired) electrons. The topological polar surface area (TPSA) is 229 Å². The summed E-state index contributed by atoms with van der Waals surface area (Å²) < 4.78 is 21.4. The van der Waals surface area contributed by atoms with Gasteiger partial charge < -0.3 is 64.8 Å². The molecule has 0 aromatic heterocycles. The minimum atomic E-state index is -1.53. The van der Waals surface area contributed by atoms with E-state index in [9.17, 15) is 40.5 Å². The number of carbonyl (C=O) groups is 1. The number of nitrogens with one attached hydrogen (secondary N) is 1. The number of phenolic OH excluding ortho intramolecular Hbond substituents is 1. The van der Waals surface area contributed by atoms with E-state index in [1.54, 1.807) is 0 Å². The Kier molecular flexibility index (Phi) is 9.05. The third kappa shape index (κ3) is 5.86. The molecule has 10 atom stereocenters. The van der Waals surface area contributed by atoms with Crippen LogP contribution in [0, 0.1) is 0 Å². The molecule has 15 nitrogen and oxygen atoms in total. The molecule has 1 aliphatic carbocycles. The summed E-state index contributed by atoms with van der Waals surface area (Å²) in [5, 5.41) is 77.6. The Bertz CT molecular complexity index is 1100. The van der Waals surface area contributed by atoms with E-state index in [0.717, 1.165) is 0 Å². The molecular formula is C24H32N2O13. The summed E-state index contributed by atoms with van der Waals surface area (Å²) in [6.07, 6.45) is -10.2. The van der Waals surface area contributed by atoms with Gasteiger partial charge in [0, 0.05) is 5.57 Å². The van der Waals surface area contributed by atoms with E-state index < -0.39 is 73.7 Å². The molecule has 2 saturated heterocycles. The second-order valence-electron chi connectivity index (χ2n) is 9.35. The molecule has 3 aliphatic rings. The number of carbonyl (C=O) groups excluding carboxylic acids is 1. The SMILES string of the molecule is CON=C(CO)[C@H]1O[C@@H](Oc2ccc(/C=C(\C)C(=O)NC3[C@@H](O)[C@@H]4OCO[C@@H]4[C@H](O)[C@H]3O)cc2O)[C@@H](O)[C@@H]1O. The first-order valence-electron chi connectivity index (χ1n) is 12.1. The normalized spacial score (nSPS) is 36.9. The molecule has 2 heterocycles. The molecule has 39 heavy (non-hydrogen) atoms. The summed E-state index contributed by atoms with van der Waals surface area (Å²) in [7, 11) is 1.24. The number of amides is 1. The van der Waals surface area contributed by atoms with Crippen molar-refractivity contribution in [3.63, 3.8) is 0 Å². The van der Waals surface area contributed by atoms with Gasteiger partial charge in [0.15, 0.2) is 11.5 Å². The average Bonchev–Trinajstić information content (AvgIpc) is 3.51. The van der Waals surface area contributed by atoms with E-state index >= 15 is 0 Å². The van der Waals surface area contributed by atoms with E-state index in [1.807, 2.05) is 0 Å². The summed E-state index contributed by atoms with van der Waals surface area (Å²) in [6, 6.07) is 2.89. The number of oxime groups is 1. The van der Waals surface area contributed by atoms with Crippen molar-refractivity contribution in [1.29, 1.82) is 0 Å². The zero-order valence-corrected chi connectivity index (χ0v) is 21.0. The van der Waals surface area contributed by atoms with Gasteiger partial charge in [0.25, 0.3) is 0 Å². The van der Waals surface area contributed by atoms with Gasteiger partial charge in [-0.15, -0.1) is 0 Å². The minimum absolute atomic E-state index is 0.0692. The van der Waals surface area contributed by atoms with Crippen molar-refractivity contribution in [1.82, 2.24) is 5.32 Å². The lowest BCUT2D eigenvalue weighted by Crippen LogP contribution is -2.67. The van der Waals surface area contributed by atoms with Crippen LogP contribution in [0.15, 0.2) is 28.9 Å². The summed E-state index contributed by atoms with van der Waals surface area (Å²) in [5.41, 5.74) is 0.461. The smallest absolute Gasteiger partial charge is 0.247 e. The molecular weight excluding hydrogens is 524 g/mol. The van der Waals surface area contributed by atoms with Crippen LogP contribution >= 0.6 is 0 Å². The van der Waals surface area contributed by atoms with Crippen molar-refractivity contribution in [3.8, 4) is 11.5 Å². The van der Waals surface area contributed by atoms with Crippen LogP contribution in [0.4, 0.5) is 0 Å². The number of fused-ring (bicyclic) bond motifs is 1. The van der Waals surface area contributed by atoms with Gasteiger partial charge in [0.05, 0.1) is 12.6 Å². The van der Waals surface area contributed by atoms with Gasteiger partial charge >= 0.3 is 0 Å². The maximum atomic E-state index is 12.8. The number of nitrogens with zero attached hydrogens (tertiary/aromatic N) is 1. The quantitative estimate of drug-likeness (QED) is 0.0904. The van der Waals surface area contributed by atoms with Crippen LogP contribution in [0.3, 0.4) is 0 Å². The van der Waals surface area contributed by atoms with E-state index in [1.165, 1.54) is 38.3 Å². The Labute approximate surface area is 222 Å². The first kappa shape index (κ1) is 29.1. The van der Waals surface area contributed by atoms with Crippen LogP contribution in [0.2, 0.25) is 0 Å². The van der Waals surface area contributed by atoms with Gasteiger partial charge in [-0.25, -0.2) is 0 Å². The Morgan fingerprint density at radius 2 is 1.77 bits per heavy atom. The van der Waals surface area contributed by atoms with Crippen LogP contribution in [0.1, 0.15) is 12.5 Å². The van der Waals surface area contributed by atoms with Gasteiger partial charge in [-0.3, -0.25) is 4.79 Å². The highest BCUT2D eigenvalue weighted by Crippen LogP contribution is 2.33. The van der Waals surface area contributed by atoms with Crippen LogP contribution < -0.4 is 10.1 Å². The molecule has 0 bridgehead atoms. The minimum Gasteiger partial charge on any atom is -0.504 e. The number of aromatic hydroxyl groups is 1. The third-order valence-corrected chi connectivity index (χ3v) is 6.79. The molecule has 3 fully saturated rings. The molecule has 8 N–H and O–H groups in total. The molecule has 1 aromatic rings. The van der Waals surface area contributed by atoms with Crippen molar-refractivity contribution in [2.75, 3.05) is 20.5 Å². The molecule has 4 rings (SSSR count). The van der Waals surface area contributed by atoms with Gasteiger partial charge in [-0.1, -0.05) is 11.2 Å². The highest BCUT2D eigenvalue weighted by molar-refractivity contribution is 5.97. The fourth-order valence-corrected chi connectivity index (χ4v) is 4.69. The monoisotopic (exact) mass is 556 g/mol. The first-order valence-corrected chi connectivity index (χ1v) is 12.1. The lowest BCUT2D eigenvalue weighted by molar-refractivity contribution is -0.155. The summed E-state index contributed by atoms with van der Waals surface area (Å²) in [4.78, 5) is 17.4. The molecule has 216 valence electrons. The van der Waals surface area contributed by atoms with Gasteiger partial charge in [0.1, 0.15) is 68.4 Å². The number of hydrogen-bond donors (Lipinski definition) is 8. The van der Waals surface area contributed by atoms with Crippen molar-refractivity contribution < 1.29 is 64.3 Å². The van der Waals surface area contributed by atoms with Gasteiger partial charge in [-0.05, 0) is 30.7 Å². The largest absolute Gasteiger partial charge is 0.504 e. The fourth-order valence-electron chi connectivity index (χ4n) is 4.69.